The SMILES string of the molecule is CCOc1ccc(-n2c(SCc3ccc(C#N)cc3)nc3sc4c(c3c2=O)CCCC4)cc1. The molecule has 1 aliphatic rings. The topological polar surface area (TPSA) is 67.9 Å². The zero-order valence-corrected chi connectivity index (χ0v) is 20.0. The van der Waals surface area contributed by atoms with Crippen LogP contribution in [-0.2, 0) is 18.6 Å². The van der Waals surface area contributed by atoms with Crippen molar-refractivity contribution < 1.29 is 4.74 Å². The third-order valence-electron chi connectivity index (χ3n) is 5.82. The molecule has 0 amide bonds. The van der Waals surface area contributed by atoms with Gasteiger partial charge in [-0.3, -0.25) is 9.36 Å². The molecule has 0 saturated carbocycles. The smallest absolute Gasteiger partial charge is 0.267 e. The lowest BCUT2D eigenvalue weighted by molar-refractivity contribution is 0.340. The van der Waals surface area contributed by atoms with Crippen molar-refractivity contribution in [3.05, 3.63) is 80.5 Å². The predicted molar refractivity (Wildman–Crippen MR) is 134 cm³/mol. The van der Waals surface area contributed by atoms with Gasteiger partial charge in [-0.05, 0) is 80.1 Å². The molecule has 0 atom stereocenters. The van der Waals surface area contributed by atoms with Crippen LogP contribution in [0.1, 0.15) is 41.3 Å². The van der Waals surface area contributed by atoms with E-state index in [2.05, 4.69) is 6.07 Å². The summed E-state index contributed by atoms with van der Waals surface area (Å²) < 4.78 is 7.33. The van der Waals surface area contributed by atoms with Crippen LogP contribution in [0.15, 0.2) is 58.5 Å². The van der Waals surface area contributed by atoms with Crippen molar-refractivity contribution >= 4 is 33.3 Å². The number of thiophene rings is 1. The molecule has 2 aromatic carbocycles. The van der Waals surface area contributed by atoms with Crippen molar-refractivity contribution in [3.8, 4) is 17.5 Å². The lowest BCUT2D eigenvalue weighted by atomic mass is 9.97. The number of nitriles is 1. The van der Waals surface area contributed by atoms with Gasteiger partial charge in [0.25, 0.3) is 5.56 Å². The molecule has 4 aromatic rings. The van der Waals surface area contributed by atoms with Crippen molar-refractivity contribution in [3.63, 3.8) is 0 Å². The van der Waals surface area contributed by atoms with Gasteiger partial charge >= 0.3 is 0 Å². The second-order valence-corrected chi connectivity index (χ2v) is 9.98. The van der Waals surface area contributed by atoms with Gasteiger partial charge in [0.15, 0.2) is 5.16 Å². The Morgan fingerprint density at radius 1 is 1.12 bits per heavy atom. The maximum atomic E-state index is 13.8. The second-order valence-electron chi connectivity index (χ2n) is 7.95. The molecular formula is C26H23N3O2S2. The molecule has 0 unspecified atom stereocenters. The maximum Gasteiger partial charge on any atom is 0.267 e. The van der Waals surface area contributed by atoms with Crippen molar-refractivity contribution in [2.24, 2.45) is 0 Å². The zero-order chi connectivity index (χ0) is 22.8. The molecular weight excluding hydrogens is 450 g/mol. The largest absolute Gasteiger partial charge is 0.494 e. The number of ether oxygens (including phenoxy) is 1. The van der Waals surface area contributed by atoms with Gasteiger partial charge < -0.3 is 4.74 Å². The van der Waals surface area contributed by atoms with Gasteiger partial charge in [0, 0.05) is 10.6 Å². The fourth-order valence-electron chi connectivity index (χ4n) is 4.19. The Bertz CT molecular complexity index is 1400. The molecule has 2 aromatic heterocycles. The molecule has 0 N–H and O–H groups in total. The van der Waals surface area contributed by atoms with E-state index in [1.807, 2.05) is 55.5 Å². The Morgan fingerprint density at radius 2 is 1.88 bits per heavy atom. The summed E-state index contributed by atoms with van der Waals surface area (Å²) in [7, 11) is 0. The van der Waals surface area contributed by atoms with Crippen LogP contribution in [0, 0.1) is 11.3 Å². The second kappa shape index (κ2) is 9.42. The summed E-state index contributed by atoms with van der Waals surface area (Å²) in [6.45, 7) is 2.55. The van der Waals surface area contributed by atoms with E-state index in [1.54, 1.807) is 27.7 Å². The van der Waals surface area contributed by atoms with Crippen LogP contribution in [0.4, 0.5) is 0 Å². The summed E-state index contributed by atoms with van der Waals surface area (Å²) in [6.07, 6.45) is 4.28. The van der Waals surface area contributed by atoms with Crippen molar-refractivity contribution in [2.75, 3.05) is 6.61 Å². The van der Waals surface area contributed by atoms with Gasteiger partial charge in [-0.2, -0.15) is 5.26 Å². The van der Waals surface area contributed by atoms with Gasteiger partial charge in [-0.15, -0.1) is 11.3 Å². The van der Waals surface area contributed by atoms with E-state index in [1.165, 1.54) is 16.9 Å². The molecule has 5 rings (SSSR count). The Morgan fingerprint density at radius 3 is 2.61 bits per heavy atom. The maximum absolute atomic E-state index is 13.8. The van der Waals surface area contributed by atoms with E-state index >= 15 is 0 Å². The first-order valence-electron chi connectivity index (χ1n) is 11.1. The summed E-state index contributed by atoms with van der Waals surface area (Å²) in [5, 5.41) is 10.5. The third kappa shape index (κ3) is 4.29. The van der Waals surface area contributed by atoms with E-state index in [0.29, 0.717) is 23.1 Å². The average Bonchev–Trinajstić information content (AvgIpc) is 3.23. The highest BCUT2D eigenvalue weighted by atomic mass is 32.2. The molecule has 0 aliphatic heterocycles. The zero-order valence-electron chi connectivity index (χ0n) is 18.3. The fourth-order valence-corrected chi connectivity index (χ4v) is 6.46. The first-order valence-corrected chi connectivity index (χ1v) is 12.9. The van der Waals surface area contributed by atoms with E-state index in [0.717, 1.165) is 46.5 Å². The molecule has 5 nitrogen and oxygen atoms in total. The lowest BCUT2D eigenvalue weighted by Gasteiger charge is -2.14. The number of fused-ring (bicyclic) bond motifs is 3. The van der Waals surface area contributed by atoms with Crippen LogP contribution in [0.2, 0.25) is 0 Å². The van der Waals surface area contributed by atoms with Crippen LogP contribution in [0.3, 0.4) is 0 Å². The van der Waals surface area contributed by atoms with Crippen molar-refractivity contribution in [1.82, 2.24) is 9.55 Å². The molecule has 33 heavy (non-hydrogen) atoms. The molecule has 0 bridgehead atoms. The average molecular weight is 474 g/mol. The highest BCUT2D eigenvalue weighted by Gasteiger charge is 2.23. The number of thioether (sulfide) groups is 1. The van der Waals surface area contributed by atoms with Gasteiger partial charge in [-0.25, -0.2) is 4.98 Å². The van der Waals surface area contributed by atoms with E-state index in [9.17, 15) is 4.79 Å². The first kappa shape index (κ1) is 21.7. The predicted octanol–water partition coefficient (Wildman–Crippen LogP) is 5.89. The van der Waals surface area contributed by atoms with Crippen LogP contribution >= 0.6 is 23.1 Å². The summed E-state index contributed by atoms with van der Waals surface area (Å²) in [4.78, 5) is 21.0. The molecule has 7 heteroatoms. The molecule has 1 aliphatic carbocycles. The lowest BCUT2D eigenvalue weighted by Crippen LogP contribution is -2.22. The first-order chi connectivity index (χ1) is 16.2. The Hall–Kier alpha value is -3.08. The minimum absolute atomic E-state index is 0.00545. The molecule has 0 saturated heterocycles. The van der Waals surface area contributed by atoms with E-state index < -0.39 is 0 Å². The highest BCUT2D eigenvalue weighted by molar-refractivity contribution is 7.98. The van der Waals surface area contributed by atoms with Gasteiger partial charge in [0.1, 0.15) is 10.6 Å². The number of nitrogens with zero attached hydrogens (tertiary/aromatic N) is 3. The van der Waals surface area contributed by atoms with Crippen molar-refractivity contribution in [2.45, 2.75) is 43.5 Å². The Balaban J connectivity index is 1.60. The van der Waals surface area contributed by atoms with E-state index in [4.69, 9.17) is 15.0 Å². The Kier molecular flexibility index (Phi) is 6.21. The number of rotatable bonds is 6. The monoisotopic (exact) mass is 473 g/mol. The normalized spacial score (nSPS) is 13.0. The number of aryl methyl sites for hydroxylation is 2. The standard InChI is InChI=1S/C26H23N3O2S2/c1-2-31-20-13-11-19(12-14-20)29-25(30)23-21-5-3-4-6-22(21)33-24(23)28-26(29)32-16-18-9-7-17(15-27)8-10-18/h7-14H,2-6,16H2,1H3. The summed E-state index contributed by atoms with van der Waals surface area (Å²) in [5.41, 5.74) is 3.71. The summed E-state index contributed by atoms with van der Waals surface area (Å²) >= 11 is 3.22. The number of hydrogen-bond donors (Lipinski definition) is 0. The Labute approximate surface area is 200 Å². The number of aromatic nitrogens is 2. The number of benzene rings is 2. The molecule has 0 fully saturated rings. The molecule has 0 radical (unpaired) electrons. The summed E-state index contributed by atoms with van der Waals surface area (Å²) in [6, 6.07) is 17.3. The molecule has 2 heterocycles. The van der Waals surface area contributed by atoms with Crippen LogP contribution in [-0.4, -0.2) is 16.2 Å². The van der Waals surface area contributed by atoms with Crippen LogP contribution < -0.4 is 10.3 Å². The van der Waals surface area contributed by atoms with Gasteiger partial charge in [0.2, 0.25) is 0 Å². The van der Waals surface area contributed by atoms with Gasteiger partial charge in [-0.1, -0.05) is 23.9 Å². The highest BCUT2D eigenvalue weighted by Crippen LogP contribution is 2.35. The fraction of sp³-hybridized carbons (Fsp3) is 0.269. The summed E-state index contributed by atoms with van der Waals surface area (Å²) in [5.74, 6) is 1.44. The van der Waals surface area contributed by atoms with E-state index in [-0.39, 0.29) is 5.56 Å². The van der Waals surface area contributed by atoms with Crippen molar-refractivity contribution in [1.29, 1.82) is 5.26 Å². The van der Waals surface area contributed by atoms with Crippen LogP contribution in [0.25, 0.3) is 15.9 Å². The molecule has 166 valence electrons. The van der Waals surface area contributed by atoms with Gasteiger partial charge in [0.05, 0.1) is 29.3 Å². The quantitative estimate of drug-likeness (QED) is 0.258. The molecule has 0 spiro atoms. The minimum atomic E-state index is 0.00545. The number of hydrogen-bond acceptors (Lipinski definition) is 6. The third-order valence-corrected chi connectivity index (χ3v) is 8.01. The minimum Gasteiger partial charge on any atom is -0.494 e. The van der Waals surface area contributed by atoms with Crippen LogP contribution in [0.5, 0.6) is 5.75 Å².